The Labute approximate surface area is 122 Å². The zero-order valence-corrected chi connectivity index (χ0v) is 11.8. The highest BCUT2D eigenvalue weighted by molar-refractivity contribution is 5.95. The summed E-state index contributed by atoms with van der Waals surface area (Å²) in [4.78, 5) is 12.1. The van der Waals surface area contributed by atoms with E-state index in [-0.39, 0.29) is 11.7 Å². The number of methoxy groups -OCH3 is 1. The SMILES string of the molecule is COc1ccccc1NC(=O)C(C)Oc1ccccc1F. The highest BCUT2D eigenvalue weighted by Gasteiger charge is 2.17. The van der Waals surface area contributed by atoms with Crippen LogP contribution in [0.25, 0.3) is 0 Å². The number of amides is 1. The quantitative estimate of drug-likeness (QED) is 0.919. The molecule has 1 N–H and O–H groups in total. The third-order valence-electron chi connectivity index (χ3n) is 2.87. The summed E-state index contributed by atoms with van der Waals surface area (Å²) in [5.41, 5.74) is 0.536. The van der Waals surface area contributed by atoms with Gasteiger partial charge in [-0.2, -0.15) is 0 Å². The van der Waals surface area contributed by atoms with E-state index in [1.807, 2.05) is 0 Å². The van der Waals surface area contributed by atoms with Gasteiger partial charge in [0.2, 0.25) is 0 Å². The predicted molar refractivity (Wildman–Crippen MR) is 78.1 cm³/mol. The minimum atomic E-state index is -0.841. The summed E-state index contributed by atoms with van der Waals surface area (Å²) >= 11 is 0. The number of carbonyl (C=O) groups is 1. The molecule has 21 heavy (non-hydrogen) atoms. The lowest BCUT2D eigenvalue weighted by atomic mass is 10.2. The molecular formula is C16H16FNO3. The summed E-state index contributed by atoms with van der Waals surface area (Å²) in [7, 11) is 1.52. The van der Waals surface area contributed by atoms with Crippen molar-refractivity contribution in [3.05, 3.63) is 54.3 Å². The Balaban J connectivity index is 2.05. The van der Waals surface area contributed by atoms with Crippen LogP contribution in [0, 0.1) is 5.82 Å². The number of hydrogen-bond acceptors (Lipinski definition) is 3. The first-order valence-corrected chi connectivity index (χ1v) is 6.47. The average molecular weight is 289 g/mol. The Morgan fingerprint density at radius 2 is 1.71 bits per heavy atom. The molecule has 1 atom stereocenters. The second-order valence-corrected chi connectivity index (χ2v) is 4.38. The van der Waals surface area contributed by atoms with Gasteiger partial charge in [-0.15, -0.1) is 0 Å². The van der Waals surface area contributed by atoms with Crippen LogP contribution < -0.4 is 14.8 Å². The van der Waals surface area contributed by atoms with Crippen LogP contribution in [-0.4, -0.2) is 19.1 Å². The smallest absolute Gasteiger partial charge is 0.265 e. The zero-order valence-electron chi connectivity index (χ0n) is 11.8. The van der Waals surface area contributed by atoms with E-state index in [9.17, 15) is 9.18 Å². The van der Waals surface area contributed by atoms with Crippen molar-refractivity contribution in [1.29, 1.82) is 0 Å². The van der Waals surface area contributed by atoms with E-state index in [4.69, 9.17) is 9.47 Å². The van der Waals surface area contributed by atoms with Crippen LogP contribution >= 0.6 is 0 Å². The lowest BCUT2D eigenvalue weighted by Gasteiger charge is -2.16. The van der Waals surface area contributed by atoms with Crippen LogP contribution in [-0.2, 0) is 4.79 Å². The highest BCUT2D eigenvalue weighted by atomic mass is 19.1. The van der Waals surface area contributed by atoms with Gasteiger partial charge >= 0.3 is 0 Å². The van der Waals surface area contributed by atoms with Gasteiger partial charge in [0.05, 0.1) is 12.8 Å². The van der Waals surface area contributed by atoms with Crippen molar-refractivity contribution < 1.29 is 18.7 Å². The lowest BCUT2D eigenvalue weighted by Crippen LogP contribution is -2.30. The first-order chi connectivity index (χ1) is 10.1. The standard InChI is InChI=1S/C16H16FNO3/c1-11(21-14-9-5-3-7-12(14)17)16(19)18-13-8-4-6-10-15(13)20-2/h3-11H,1-2H3,(H,18,19). The number of carbonyl (C=O) groups excluding carboxylic acids is 1. The molecule has 4 nitrogen and oxygen atoms in total. The van der Waals surface area contributed by atoms with Crippen molar-refractivity contribution in [3.63, 3.8) is 0 Å². The van der Waals surface area contributed by atoms with Crippen molar-refractivity contribution in [2.45, 2.75) is 13.0 Å². The van der Waals surface area contributed by atoms with Gasteiger partial charge in [0.25, 0.3) is 5.91 Å². The number of halogens is 1. The lowest BCUT2D eigenvalue weighted by molar-refractivity contribution is -0.122. The third kappa shape index (κ3) is 3.72. The topological polar surface area (TPSA) is 47.6 Å². The van der Waals surface area contributed by atoms with E-state index in [0.29, 0.717) is 11.4 Å². The van der Waals surface area contributed by atoms with E-state index in [1.54, 1.807) is 43.3 Å². The second-order valence-electron chi connectivity index (χ2n) is 4.38. The molecule has 2 aromatic carbocycles. The molecule has 0 aliphatic heterocycles. The predicted octanol–water partition coefficient (Wildman–Crippen LogP) is 3.24. The van der Waals surface area contributed by atoms with E-state index in [1.165, 1.54) is 19.2 Å². The molecule has 0 fully saturated rings. The van der Waals surface area contributed by atoms with Gasteiger partial charge in [-0.3, -0.25) is 4.79 Å². The summed E-state index contributed by atoms with van der Waals surface area (Å²) in [5.74, 6) is -0.304. The van der Waals surface area contributed by atoms with E-state index in [0.717, 1.165) is 0 Å². The Bertz CT molecular complexity index is 630. The molecule has 0 radical (unpaired) electrons. The molecule has 0 heterocycles. The van der Waals surface area contributed by atoms with Crippen molar-refractivity contribution >= 4 is 11.6 Å². The van der Waals surface area contributed by atoms with Crippen LogP contribution in [0.5, 0.6) is 11.5 Å². The number of ether oxygens (including phenoxy) is 2. The maximum atomic E-state index is 13.5. The summed E-state index contributed by atoms with van der Waals surface area (Å²) in [6.45, 7) is 1.55. The first kappa shape index (κ1) is 14.8. The molecule has 0 aliphatic rings. The minimum Gasteiger partial charge on any atom is -0.495 e. The maximum Gasteiger partial charge on any atom is 0.265 e. The van der Waals surface area contributed by atoms with Crippen LogP contribution in [0.1, 0.15) is 6.92 Å². The van der Waals surface area contributed by atoms with Gasteiger partial charge in [-0.05, 0) is 31.2 Å². The molecule has 5 heteroatoms. The fourth-order valence-corrected chi connectivity index (χ4v) is 1.77. The van der Waals surface area contributed by atoms with Crippen LogP contribution in [0.3, 0.4) is 0 Å². The molecule has 0 bridgehead atoms. The third-order valence-corrected chi connectivity index (χ3v) is 2.87. The van der Waals surface area contributed by atoms with Gasteiger partial charge < -0.3 is 14.8 Å². The van der Waals surface area contributed by atoms with Crippen LogP contribution in [0.2, 0.25) is 0 Å². The number of rotatable bonds is 5. The summed E-state index contributed by atoms with van der Waals surface area (Å²) < 4.78 is 24.0. The monoisotopic (exact) mass is 289 g/mol. The van der Waals surface area contributed by atoms with Gasteiger partial charge in [0.15, 0.2) is 17.7 Å². The molecule has 1 unspecified atom stereocenters. The van der Waals surface area contributed by atoms with E-state index >= 15 is 0 Å². The Morgan fingerprint density at radius 3 is 2.38 bits per heavy atom. The number of para-hydroxylation sites is 3. The molecule has 0 aliphatic carbocycles. The largest absolute Gasteiger partial charge is 0.495 e. The van der Waals surface area contributed by atoms with Gasteiger partial charge in [0, 0.05) is 0 Å². The number of hydrogen-bond donors (Lipinski definition) is 1. The molecule has 2 aromatic rings. The second kappa shape index (κ2) is 6.74. The summed E-state index contributed by atoms with van der Waals surface area (Å²) in [6.07, 6.45) is -0.841. The molecule has 0 saturated heterocycles. The Kier molecular flexibility index (Phi) is 4.77. The molecule has 110 valence electrons. The highest BCUT2D eigenvalue weighted by Crippen LogP contribution is 2.24. The molecular weight excluding hydrogens is 273 g/mol. The minimum absolute atomic E-state index is 0.0418. The van der Waals surface area contributed by atoms with Crippen LogP contribution in [0.4, 0.5) is 10.1 Å². The summed E-state index contributed by atoms with van der Waals surface area (Å²) in [5, 5.41) is 2.69. The van der Waals surface area contributed by atoms with Gasteiger partial charge in [-0.1, -0.05) is 24.3 Å². The van der Waals surface area contributed by atoms with Crippen LogP contribution in [0.15, 0.2) is 48.5 Å². The molecule has 0 aromatic heterocycles. The Morgan fingerprint density at radius 1 is 1.10 bits per heavy atom. The number of benzene rings is 2. The zero-order chi connectivity index (χ0) is 15.2. The molecule has 1 amide bonds. The van der Waals surface area contributed by atoms with E-state index < -0.39 is 11.9 Å². The summed E-state index contributed by atoms with van der Waals surface area (Å²) in [6, 6.07) is 13.0. The van der Waals surface area contributed by atoms with E-state index in [2.05, 4.69) is 5.32 Å². The van der Waals surface area contributed by atoms with Crippen molar-refractivity contribution in [2.75, 3.05) is 12.4 Å². The Hall–Kier alpha value is -2.56. The average Bonchev–Trinajstić information content (AvgIpc) is 2.50. The van der Waals surface area contributed by atoms with Crippen molar-refractivity contribution in [1.82, 2.24) is 0 Å². The number of nitrogens with one attached hydrogen (secondary N) is 1. The molecule has 2 rings (SSSR count). The first-order valence-electron chi connectivity index (χ1n) is 6.47. The number of anilines is 1. The van der Waals surface area contributed by atoms with Crippen molar-refractivity contribution in [2.24, 2.45) is 0 Å². The molecule has 0 saturated carbocycles. The maximum absolute atomic E-state index is 13.5. The molecule has 0 spiro atoms. The fourth-order valence-electron chi connectivity index (χ4n) is 1.77. The van der Waals surface area contributed by atoms with Gasteiger partial charge in [-0.25, -0.2) is 4.39 Å². The van der Waals surface area contributed by atoms with Crippen molar-refractivity contribution in [3.8, 4) is 11.5 Å². The van der Waals surface area contributed by atoms with Gasteiger partial charge in [0.1, 0.15) is 5.75 Å². The normalized spacial score (nSPS) is 11.6. The fraction of sp³-hybridized carbons (Fsp3) is 0.188.